The molecule has 2 heteroatoms. The van der Waals surface area contributed by atoms with E-state index in [1.54, 1.807) is 0 Å². The maximum absolute atomic E-state index is 2.54. The first-order chi connectivity index (χ1) is 25.7. The summed E-state index contributed by atoms with van der Waals surface area (Å²) in [7, 11) is 0. The number of nitrogens with zero attached hydrogens (tertiary/aromatic N) is 2. The standard InChI is InChI=1S/C52H48N2/c1-29-19-30(2)22-37(21-29)53-45-18-14-36(52(8,9)10)28-43(45)49-39-15-16-40-48-33(11-12-34(47(39)48)26-46(49)53)25-42-41-27-35(51(5,6)7)13-17-44(41)54(50(40)42)38-23-31(3)20-32(4)24-38/h11-28H,1-10H3. The molecule has 54 heavy (non-hydrogen) atoms. The Labute approximate surface area is 318 Å². The molecule has 0 spiro atoms. The van der Waals surface area contributed by atoms with Gasteiger partial charge in [-0.1, -0.05) is 90.1 Å². The van der Waals surface area contributed by atoms with E-state index in [0.29, 0.717) is 0 Å². The SMILES string of the molecule is Cc1cc(C)cc(-n2c3ccc(C(C)(C)C)cc3c3c4ccc5c6c(ccc(cc32)c46)cc2c3cc(C(C)(C)C)ccc3n(-c3cc(C)cc(C)c3)c25)c1. The van der Waals surface area contributed by atoms with Gasteiger partial charge in [0.15, 0.2) is 0 Å². The molecule has 0 fully saturated rings. The van der Waals surface area contributed by atoms with Crippen LogP contribution >= 0.6 is 0 Å². The Morgan fingerprint density at radius 2 is 0.833 bits per heavy atom. The van der Waals surface area contributed by atoms with Crippen molar-refractivity contribution < 1.29 is 0 Å². The molecule has 0 atom stereocenters. The Kier molecular flexibility index (Phi) is 6.71. The van der Waals surface area contributed by atoms with E-state index < -0.39 is 0 Å². The Morgan fingerprint density at radius 3 is 1.41 bits per heavy atom. The van der Waals surface area contributed by atoms with Crippen molar-refractivity contribution in [1.29, 1.82) is 0 Å². The van der Waals surface area contributed by atoms with Gasteiger partial charge >= 0.3 is 0 Å². The predicted molar refractivity (Wildman–Crippen MR) is 235 cm³/mol. The summed E-state index contributed by atoms with van der Waals surface area (Å²) < 4.78 is 5.05. The number of aryl methyl sites for hydroxylation is 4. The second kappa shape index (κ2) is 11.0. The molecule has 2 heterocycles. The Hall–Kier alpha value is -5.60. The largest absolute Gasteiger partial charge is 0.309 e. The molecule has 10 rings (SSSR count). The van der Waals surface area contributed by atoms with Crippen molar-refractivity contribution in [2.24, 2.45) is 0 Å². The van der Waals surface area contributed by atoms with Crippen LogP contribution in [-0.2, 0) is 10.8 Å². The van der Waals surface area contributed by atoms with E-state index in [2.05, 4.69) is 188 Å². The van der Waals surface area contributed by atoms with Crippen LogP contribution in [0.3, 0.4) is 0 Å². The molecule has 0 aliphatic carbocycles. The molecule has 10 aromatic rings. The summed E-state index contributed by atoms with van der Waals surface area (Å²) in [4.78, 5) is 0. The lowest BCUT2D eigenvalue weighted by atomic mass is 9.85. The number of benzene rings is 8. The second-order valence-electron chi connectivity index (χ2n) is 18.3. The van der Waals surface area contributed by atoms with Gasteiger partial charge in [0, 0.05) is 38.3 Å². The molecule has 0 bridgehead atoms. The minimum absolute atomic E-state index is 0.0341. The van der Waals surface area contributed by atoms with Crippen LogP contribution in [0.1, 0.15) is 74.9 Å². The lowest BCUT2D eigenvalue weighted by Crippen LogP contribution is -2.10. The molecule has 0 aliphatic heterocycles. The van der Waals surface area contributed by atoms with E-state index in [-0.39, 0.29) is 10.8 Å². The lowest BCUT2D eigenvalue weighted by molar-refractivity contribution is 0.591. The molecule has 2 nitrogen and oxygen atoms in total. The average Bonchev–Trinajstić information content (AvgIpc) is 3.60. The van der Waals surface area contributed by atoms with Crippen molar-refractivity contribution in [3.8, 4) is 11.4 Å². The first-order valence-corrected chi connectivity index (χ1v) is 19.5. The monoisotopic (exact) mass is 700 g/mol. The Balaban J connectivity index is 1.40. The highest BCUT2D eigenvalue weighted by Gasteiger charge is 2.25. The van der Waals surface area contributed by atoms with Gasteiger partial charge < -0.3 is 9.13 Å². The van der Waals surface area contributed by atoms with E-state index in [1.807, 2.05) is 0 Å². The molecule has 0 N–H and O–H groups in total. The first-order valence-electron chi connectivity index (χ1n) is 19.5. The minimum Gasteiger partial charge on any atom is -0.309 e. The molecule has 0 saturated heterocycles. The maximum atomic E-state index is 2.54. The van der Waals surface area contributed by atoms with Crippen LogP contribution in [0.5, 0.6) is 0 Å². The summed E-state index contributed by atoms with van der Waals surface area (Å²) in [6, 6.07) is 42.8. The van der Waals surface area contributed by atoms with E-state index in [9.17, 15) is 0 Å². The van der Waals surface area contributed by atoms with E-state index in [4.69, 9.17) is 0 Å². The highest BCUT2D eigenvalue weighted by molar-refractivity contribution is 6.36. The highest BCUT2D eigenvalue weighted by Crippen LogP contribution is 2.47. The summed E-state index contributed by atoms with van der Waals surface area (Å²) in [5.41, 5.74) is 15.4. The average molecular weight is 701 g/mol. The summed E-state index contributed by atoms with van der Waals surface area (Å²) in [6.45, 7) is 22.7. The van der Waals surface area contributed by atoms with Gasteiger partial charge in [-0.15, -0.1) is 0 Å². The van der Waals surface area contributed by atoms with Gasteiger partial charge in [-0.2, -0.15) is 0 Å². The molecule has 0 aliphatic rings. The summed E-state index contributed by atoms with van der Waals surface area (Å²) >= 11 is 0. The molecule has 0 amide bonds. The topological polar surface area (TPSA) is 9.86 Å². The van der Waals surface area contributed by atoms with Crippen molar-refractivity contribution in [3.05, 3.63) is 143 Å². The van der Waals surface area contributed by atoms with Crippen LogP contribution in [0.4, 0.5) is 0 Å². The summed E-state index contributed by atoms with van der Waals surface area (Å²) in [5.74, 6) is 0. The number of hydrogen-bond acceptors (Lipinski definition) is 0. The van der Waals surface area contributed by atoms with Gasteiger partial charge in [0.1, 0.15) is 0 Å². The van der Waals surface area contributed by atoms with E-state index in [0.717, 1.165) is 0 Å². The van der Waals surface area contributed by atoms with Crippen molar-refractivity contribution in [1.82, 2.24) is 9.13 Å². The fraction of sp³-hybridized carbons (Fsp3) is 0.231. The Morgan fingerprint density at radius 1 is 0.352 bits per heavy atom. The van der Waals surface area contributed by atoms with Crippen LogP contribution in [0.15, 0.2) is 109 Å². The predicted octanol–water partition coefficient (Wildman–Crippen LogP) is 14.6. The van der Waals surface area contributed by atoms with Crippen molar-refractivity contribution in [2.45, 2.75) is 80.1 Å². The lowest BCUT2D eigenvalue weighted by Gasteiger charge is -2.19. The zero-order chi connectivity index (χ0) is 37.6. The molecule has 266 valence electrons. The van der Waals surface area contributed by atoms with Gasteiger partial charge in [-0.25, -0.2) is 0 Å². The number of hydrogen-bond donors (Lipinski definition) is 0. The van der Waals surface area contributed by atoms with Crippen LogP contribution in [0.25, 0.3) is 87.3 Å². The third kappa shape index (κ3) is 4.72. The molecule has 8 aromatic carbocycles. The fourth-order valence-electron chi connectivity index (χ4n) is 9.59. The quantitative estimate of drug-likeness (QED) is 0.159. The summed E-state index contributed by atoms with van der Waals surface area (Å²) in [6.07, 6.45) is 0. The van der Waals surface area contributed by atoms with E-state index >= 15 is 0 Å². The molecular formula is C52H48N2. The number of fused-ring (bicyclic) bond motifs is 8. The maximum Gasteiger partial charge on any atom is 0.0620 e. The number of aromatic nitrogens is 2. The Bertz CT molecular complexity index is 3160. The summed E-state index contributed by atoms with van der Waals surface area (Å²) in [5, 5.41) is 13.2. The minimum atomic E-state index is 0.0341. The zero-order valence-corrected chi connectivity index (χ0v) is 33.3. The molecular weight excluding hydrogens is 653 g/mol. The normalized spacial score (nSPS) is 13.0. The van der Waals surface area contributed by atoms with Gasteiger partial charge in [0.05, 0.1) is 22.1 Å². The van der Waals surface area contributed by atoms with Crippen LogP contribution in [-0.4, -0.2) is 9.13 Å². The van der Waals surface area contributed by atoms with Gasteiger partial charge in [-0.3, -0.25) is 0 Å². The van der Waals surface area contributed by atoms with Gasteiger partial charge in [0.2, 0.25) is 0 Å². The zero-order valence-electron chi connectivity index (χ0n) is 33.3. The molecule has 0 radical (unpaired) electrons. The van der Waals surface area contributed by atoms with Crippen LogP contribution < -0.4 is 0 Å². The van der Waals surface area contributed by atoms with E-state index in [1.165, 1.54) is 121 Å². The third-order valence-corrected chi connectivity index (χ3v) is 12.0. The van der Waals surface area contributed by atoms with Gasteiger partial charge in [0.25, 0.3) is 0 Å². The molecule has 2 aromatic heterocycles. The fourth-order valence-corrected chi connectivity index (χ4v) is 9.59. The van der Waals surface area contributed by atoms with Gasteiger partial charge in [-0.05, 0) is 160 Å². The van der Waals surface area contributed by atoms with Crippen molar-refractivity contribution >= 4 is 75.9 Å². The van der Waals surface area contributed by atoms with Crippen LogP contribution in [0, 0.1) is 27.7 Å². The second-order valence-corrected chi connectivity index (χ2v) is 18.3. The first kappa shape index (κ1) is 33.0. The van der Waals surface area contributed by atoms with Crippen molar-refractivity contribution in [2.75, 3.05) is 0 Å². The van der Waals surface area contributed by atoms with Crippen LogP contribution in [0.2, 0.25) is 0 Å². The third-order valence-electron chi connectivity index (χ3n) is 12.0. The number of rotatable bonds is 2. The molecule has 0 unspecified atom stereocenters. The highest BCUT2D eigenvalue weighted by atomic mass is 15.0. The smallest absolute Gasteiger partial charge is 0.0620 e. The van der Waals surface area contributed by atoms with Crippen molar-refractivity contribution in [3.63, 3.8) is 0 Å². The molecule has 0 saturated carbocycles.